The molecule has 3 nitrogen and oxygen atoms in total. The molecule has 19 heavy (non-hydrogen) atoms. The molecule has 0 rings (SSSR count). The van der Waals surface area contributed by atoms with Gasteiger partial charge in [-0.25, -0.2) is 0 Å². The van der Waals surface area contributed by atoms with Crippen molar-refractivity contribution in [1.29, 1.82) is 0 Å². The van der Waals surface area contributed by atoms with Gasteiger partial charge in [-0.2, -0.15) is 0 Å². The lowest BCUT2D eigenvalue weighted by atomic mass is 10.1. The molecule has 0 aliphatic carbocycles. The lowest BCUT2D eigenvalue weighted by molar-refractivity contribution is 0.178. The lowest BCUT2D eigenvalue weighted by Gasteiger charge is -2.31. The second-order valence-corrected chi connectivity index (χ2v) is 9.20. The zero-order valence-corrected chi connectivity index (χ0v) is 14.7. The zero-order chi connectivity index (χ0) is 14.7. The molecule has 4 heteroatoms. The van der Waals surface area contributed by atoms with Gasteiger partial charge in [0.15, 0.2) is 0 Å². The third-order valence-corrected chi connectivity index (χ3v) is 7.20. The molecule has 0 heterocycles. The molecule has 1 unspecified atom stereocenters. The molecule has 1 atom stereocenters. The summed E-state index contributed by atoms with van der Waals surface area (Å²) in [5.41, 5.74) is 6.15. The predicted octanol–water partition coefficient (Wildman–Crippen LogP) is 4.07. The SMILES string of the molecule is CCCC(N)CC[Si](CCC(C)C)(OCC)OCC. The van der Waals surface area contributed by atoms with Crippen LogP contribution in [0.25, 0.3) is 0 Å². The van der Waals surface area contributed by atoms with Crippen LogP contribution in [0.5, 0.6) is 0 Å². The Balaban J connectivity index is 4.50. The van der Waals surface area contributed by atoms with Gasteiger partial charge in [0.25, 0.3) is 0 Å². The van der Waals surface area contributed by atoms with Crippen LogP contribution in [-0.2, 0) is 8.85 Å². The minimum atomic E-state index is -2.03. The van der Waals surface area contributed by atoms with Crippen molar-refractivity contribution in [3.05, 3.63) is 0 Å². The van der Waals surface area contributed by atoms with E-state index in [0.717, 1.165) is 44.6 Å². The van der Waals surface area contributed by atoms with E-state index >= 15 is 0 Å². The van der Waals surface area contributed by atoms with Crippen LogP contribution in [0.2, 0.25) is 12.1 Å². The minimum Gasteiger partial charge on any atom is -0.394 e. The Kier molecular flexibility index (Phi) is 10.9. The van der Waals surface area contributed by atoms with Crippen LogP contribution in [0.1, 0.15) is 60.3 Å². The van der Waals surface area contributed by atoms with Crippen molar-refractivity contribution in [2.45, 2.75) is 78.4 Å². The van der Waals surface area contributed by atoms with Crippen molar-refractivity contribution in [1.82, 2.24) is 0 Å². The van der Waals surface area contributed by atoms with Gasteiger partial charge in [-0.3, -0.25) is 0 Å². The summed E-state index contributed by atoms with van der Waals surface area (Å²) < 4.78 is 12.2. The van der Waals surface area contributed by atoms with Crippen LogP contribution in [0, 0.1) is 5.92 Å². The minimum absolute atomic E-state index is 0.303. The Morgan fingerprint density at radius 2 is 1.42 bits per heavy atom. The maximum Gasteiger partial charge on any atom is 0.338 e. The Morgan fingerprint density at radius 3 is 1.84 bits per heavy atom. The van der Waals surface area contributed by atoms with Gasteiger partial charge in [0, 0.05) is 19.3 Å². The van der Waals surface area contributed by atoms with Gasteiger partial charge in [0.1, 0.15) is 0 Å². The summed E-state index contributed by atoms with van der Waals surface area (Å²) in [7, 11) is -2.03. The van der Waals surface area contributed by atoms with E-state index in [1.165, 1.54) is 6.42 Å². The van der Waals surface area contributed by atoms with Gasteiger partial charge in [-0.05, 0) is 51.1 Å². The molecule has 116 valence electrons. The molecule has 0 saturated heterocycles. The normalized spacial score (nSPS) is 14.1. The zero-order valence-electron chi connectivity index (χ0n) is 13.7. The van der Waals surface area contributed by atoms with Crippen molar-refractivity contribution in [2.24, 2.45) is 11.7 Å². The van der Waals surface area contributed by atoms with E-state index in [-0.39, 0.29) is 0 Å². The monoisotopic (exact) mass is 289 g/mol. The molecular formula is C15H35NO2Si. The second kappa shape index (κ2) is 10.8. The van der Waals surface area contributed by atoms with Crippen LogP contribution in [0.3, 0.4) is 0 Å². The first kappa shape index (κ1) is 19.1. The molecular weight excluding hydrogens is 254 g/mol. The first-order valence-electron chi connectivity index (χ1n) is 8.03. The Hall–Kier alpha value is 0.0969. The van der Waals surface area contributed by atoms with Crippen molar-refractivity contribution in [2.75, 3.05) is 13.2 Å². The van der Waals surface area contributed by atoms with Crippen molar-refractivity contribution >= 4 is 8.56 Å². The highest BCUT2D eigenvalue weighted by molar-refractivity contribution is 6.67. The maximum absolute atomic E-state index is 6.15. The average Bonchev–Trinajstić information content (AvgIpc) is 2.35. The first-order valence-corrected chi connectivity index (χ1v) is 10.3. The molecule has 0 radical (unpaired) electrons. The van der Waals surface area contributed by atoms with Gasteiger partial charge in [0.05, 0.1) is 0 Å². The van der Waals surface area contributed by atoms with Crippen molar-refractivity contribution < 1.29 is 8.85 Å². The quantitative estimate of drug-likeness (QED) is 0.551. The first-order chi connectivity index (χ1) is 8.99. The Labute approximate surface area is 121 Å². The Bertz CT molecular complexity index is 206. The number of nitrogens with two attached hydrogens (primary N) is 1. The molecule has 0 aromatic heterocycles. The van der Waals surface area contributed by atoms with Crippen LogP contribution < -0.4 is 5.73 Å². The molecule has 0 fully saturated rings. The third-order valence-electron chi connectivity index (χ3n) is 3.47. The molecule has 2 N–H and O–H groups in total. The topological polar surface area (TPSA) is 44.5 Å². The van der Waals surface area contributed by atoms with Crippen molar-refractivity contribution in [3.8, 4) is 0 Å². The van der Waals surface area contributed by atoms with Crippen LogP contribution in [0.15, 0.2) is 0 Å². The largest absolute Gasteiger partial charge is 0.394 e. The fourth-order valence-electron chi connectivity index (χ4n) is 2.41. The van der Waals surface area contributed by atoms with E-state index in [1.807, 2.05) is 0 Å². The van der Waals surface area contributed by atoms with Gasteiger partial charge in [0.2, 0.25) is 0 Å². The van der Waals surface area contributed by atoms with Crippen LogP contribution >= 0.6 is 0 Å². The third kappa shape index (κ3) is 8.79. The van der Waals surface area contributed by atoms with Crippen LogP contribution in [0.4, 0.5) is 0 Å². The average molecular weight is 290 g/mol. The highest BCUT2D eigenvalue weighted by Crippen LogP contribution is 2.26. The van der Waals surface area contributed by atoms with Crippen molar-refractivity contribution in [3.63, 3.8) is 0 Å². The van der Waals surface area contributed by atoms with Gasteiger partial charge < -0.3 is 14.6 Å². The summed E-state index contributed by atoms with van der Waals surface area (Å²) in [4.78, 5) is 0. The molecule has 0 aliphatic heterocycles. The smallest absolute Gasteiger partial charge is 0.338 e. The summed E-state index contributed by atoms with van der Waals surface area (Å²) >= 11 is 0. The molecule has 0 aromatic carbocycles. The van der Waals surface area contributed by atoms with E-state index in [4.69, 9.17) is 14.6 Å². The molecule has 0 aliphatic rings. The summed E-state index contributed by atoms with van der Waals surface area (Å²) in [5.74, 6) is 0.706. The number of hydrogen-bond donors (Lipinski definition) is 1. The fourth-order valence-corrected chi connectivity index (χ4v) is 6.20. The standard InChI is InChI=1S/C15H35NO2Si/c1-6-9-15(16)11-13-19(17-7-2,18-8-3)12-10-14(4)5/h14-15H,6-13,16H2,1-5H3. The molecule has 0 amide bonds. The summed E-state index contributed by atoms with van der Waals surface area (Å²) in [6.07, 6.45) is 4.49. The predicted molar refractivity (Wildman–Crippen MR) is 85.6 cm³/mol. The molecule has 0 saturated carbocycles. The summed E-state index contributed by atoms with van der Waals surface area (Å²) in [6, 6.07) is 2.45. The summed E-state index contributed by atoms with van der Waals surface area (Å²) in [5, 5.41) is 0. The number of hydrogen-bond acceptors (Lipinski definition) is 3. The molecule has 0 bridgehead atoms. The molecule has 0 aromatic rings. The summed E-state index contributed by atoms with van der Waals surface area (Å²) in [6.45, 7) is 12.4. The lowest BCUT2D eigenvalue weighted by Crippen LogP contribution is -2.43. The fraction of sp³-hybridized carbons (Fsp3) is 1.00. The van der Waals surface area contributed by atoms with Gasteiger partial charge >= 0.3 is 8.56 Å². The number of rotatable bonds is 12. The van der Waals surface area contributed by atoms with E-state index in [9.17, 15) is 0 Å². The molecule has 0 spiro atoms. The highest BCUT2D eigenvalue weighted by Gasteiger charge is 2.36. The van der Waals surface area contributed by atoms with E-state index in [1.54, 1.807) is 0 Å². The van der Waals surface area contributed by atoms with Crippen LogP contribution in [-0.4, -0.2) is 27.8 Å². The second-order valence-electron chi connectivity index (χ2n) is 5.80. The highest BCUT2D eigenvalue weighted by atomic mass is 28.4. The van der Waals surface area contributed by atoms with E-state index in [2.05, 4.69) is 34.6 Å². The van der Waals surface area contributed by atoms with E-state index < -0.39 is 8.56 Å². The van der Waals surface area contributed by atoms with Gasteiger partial charge in [-0.1, -0.05) is 27.2 Å². The van der Waals surface area contributed by atoms with E-state index in [0.29, 0.717) is 12.0 Å². The van der Waals surface area contributed by atoms with Gasteiger partial charge in [-0.15, -0.1) is 0 Å². The Morgan fingerprint density at radius 1 is 0.895 bits per heavy atom. The maximum atomic E-state index is 6.15.